The van der Waals surface area contributed by atoms with Crippen LogP contribution in [0, 0.1) is 6.92 Å². The van der Waals surface area contributed by atoms with Crippen molar-refractivity contribution < 1.29 is 9.59 Å². The minimum Gasteiger partial charge on any atom is -0.354 e. The molecule has 6 nitrogen and oxygen atoms in total. The minimum atomic E-state index is -0.399. The van der Waals surface area contributed by atoms with Crippen LogP contribution in [0.1, 0.15) is 37.9 Å². The number of likely N-dealkylation sites (tertiary alicyclic amines) is 1. The van der Waals surface area contributed by atoms with Crippen molar-refractivity contribution in [3.8, 4) is 0 Å². The standard InChI is InChI=1S/C14H21ClN4O2/c1-10-12(15)9-19(17-10)11(2)14(21)16-6-4-8-18-7-3-5-13(18)20/h9,11H,3-8H2,1-2H3,(H,16,21)/t11-/m1/s1. The van der Waals surface area contributed by atoms with E-state index < -0.39 is 6.04 Å². The fourth-order valence-corrected chi connectivity index (χ4v) is 2.49. The van der Waals surface area contributed by atoms with Crippen LogP contribution >= 0.6 is 11.6 Å². The highest BCUT2D eigenvalue weighted by atomic mass is 35.5. The highest BCUT2D eigenvalue weighted by molar-refractivity contribution is 6.31. The molecule has 7 heteroatoms. The maximum Gasteiger partial charge on any atom is 0.244 e. The molecule has 1 aromatic rings. The molecule has 2 heterocycles. The zero-order valence-corrected chi connectivity index (χ0v) is 13.2. The Kier molecular flexibility index (Phi) is 5.22. The normalized spacial score (nSPS) is 16.3. The van der Waals surface area contributed by atoms with Gasteiger partial charge in [0.15, 0.2) is 0 Å². The van der Waals surface area contributed by atoms with E-state index in [1.165, 1.54) is 0 Å². The van der Waals surface area contributed by atoms with E-state index in [1.54, 1.807) is 24.7 Å². The van der Waals surface area contributed by atoms with Gasteiger partial charge in [-0.05, 0) is 26.7 Å². The molecule has 1 fully saturated rings. The zero-order valence-electron chi connectivity index (χ0n) is 12.4. The summed E-state index contributed by atoms with van der Waals surface area (Å²) in [5, 5.41) is 7.63. The second-order valence-corrected chi connectivity index (χ2v) is 5.75. The van der Waals surface area contributed by atoms with Crippen molar-refractivity contribution >= 4 is 23.4 Å². The minimum absolute atomic E-state index is 0.0954. The van der Waals surface area contributed by atoms with E-state index >= 15 is 0 Å². The van der Waals surface area contributed by atoms with Gasteiger partial charge in [-0.3, -0.25) is 14.3 Å². The lowest BCUT2D eigenvalue weighted by atomic mass is 10.3. The predicted octanol–water partition coefficient (Wildman–Crippen LogP) is 1.53. The van der Waals surface area contributed by atoms with Crippen molar-refractivity contribution in [1.29, 1.82) is 0 Å². The predicted molar refractivity (Wildman–Crippen MR) is 80.1 cm³/mol. The van der Waals surface area contributed by atoms with Crippen molar-refractivity contribution in [2.45, 2.75) is 39.2 Å². The van der Waals surface area contributed by atoms with Gasteiger partial charge in [0.25, 0.3) is 0 Å². The van der Waals surface area contributed by atoms with Crippen molar-refractivity contribution in [2.24, 2.45) is 0 Å². The molecule has 1 saturated heterocycles. The van der Waals surface area contributed by atoms with Gasteiger partial charge in [-0.1, -0.05) is 11.6 Å². The van der Waals surface area contributed by atoms with Crippen LogP contribution in [0.3, 0.4) is 0 Å². The first-order valence-electron chi connectivity index (χ1n) is 7.26. The summed E-state index contributed by atoms with van der Waals surface area (Å²) in [4.78, 5) is 25.3. The molecule has 0 spiro atoms. The first-order valence-corrected chi connectivity index (χ1v) is 7.63. The van der Waals surface area contributed by atoms with Gasteiger partial charge in [0.2, 0.25) is 11.8 Å². The van der Waals surface area contributed by atoms with E-state index in [1.807, 2.05) is 4.90 Å². The third kappa shape index (κ3) is 3.97. The van der Waals surface area contributed by atoms with E-state index in [-0.39, 0.29) is 11.8 Å². The largest absolute Gasteiger partial charge is 0.354 e. The molecule has 0 unspecified atom stereocenters. The maximum atomic E-state index is 12.0. The van der Waals surface area contributed by atoms with Crippen LogP contribution in [0.5, 0.6) is 0 Å². The Hall–Kier alpha value is -1.56. The lowest BCUT2D eigenvalue weighted by Gasteiger charge is -2.16. The van der Waals surface area contributed by atoms with Crippen LogP contribution in [0.2, 0.25) is 5.02 Å². The van der Waals surface area contributed by atoms with Crippen LogP contribution in [-0.4, -0.2) is 46.1 Å². The Morgan fingerprint density at radius 1 is 1.57 bits per heavy atom. The quantitative estimate of drug-likeness (QED) is 0.810. The molecule has 21 heavy (non-hydrogen) atoms. The number of nitrogens with one attached hydrogen (secondary N) is 1. The molecule has 116 valence electrons. The second-order valence-electron chi connectivity index (χ2n) is 5.35. The summed E-state index contributed by atoms with van der Waals surface area (Å²) in [6.45, 7) is 5.69. The van der Waals surface area contributed by atoms with Crippen molar-refractivity contribution in [3.05, 3.63) is 16.9 Å². The molecule has 0 bridgehead atoms. The Morgan fingerprint density at radius 3 is 2.90 bits per heavy atom. The van der Waals surface area contributed by atoms with Gasteiger partial charge >= 0.3 is 0 Å². The molecule has 1 aliphatic rings. The zero-order chi connectivity index (χ0) is 15.4. The van der Waals surface area contributed by atoms with Gasteiger partial charge in [0, 0.05) is 32.3 Å². The number of carbonyl (C=O) groups excluding carboxylic acids is 2. The summed E-state index contributed by atoms with van der Waals surface area (Å²) in [7, 11) is 0. The van der Waals surface area contributed by atoms with Gasteiger partial charge in [-0.25, -0.2) is 0 Å². The van der Waals surface area contributed by atoms with Gasteiger partial charge in [-0.15, -0.1) is 0 Å². The summed E-state index contributed by atoms with van der Waals surface area (Å²) >= 11 is 5.94. The molecule has 0 aliphatic carbocycles. The van der Waals surface area contributed by atoms with Crippen LogP contribution in [0.4, 0.5) is 0 Å². The molecule has 0 saturated carbocycles. The van der Waals surface area contributed by atoms with Gasteiger partial charge in [0.05, 0.1) is 10.7 Å². The smallest absolute Gasteiger partial charge is 0.244 e. The Bertz CT molecular complexity index is 510. The Morgan fingerprint density at radius 2 is 2.33 bits per heavy atom. The molecule has 1 atom stereocenters. The first kappa shape index (κ1) is 15.8. The number of aryl methyl sites for hydroxylation is 1. The summed E-state index contributed by atoms with van der Waals surface area (Å²) in [6.07, 6.45) is 4.03. The number of amides is 2. The van der Waals surface area contributed by atoms with Crippen LogP contribution in [0.15, 0.2) is 6.20 Å². The van der Waals surface area contributed by atoms with E-state index in [9.17, 15) is 9.59 Å². The van der Waals surface area contributed by atoms with Crippen molar-refractivity contribution in [1.82, 2.24) is 20.0 Å². The summed E-state index contributed by atoms with van der Waals surface area (Å²) in [5.74, 6) is 0.123. The number of rotatable bonds is 6. The number of hydrogen-bond donors (Lipinski definition) is 1. The van der Waals surface area contributed by atoms with Gasteiger partial charge in [0.1, 0.15) is 6.04 Å². The number of nitrogens with zero attached hydrogens (tertiary/aromatic N) is 3. The molecule has 1 N–H and O–H groups in total. The average molecular weight is 313 g/mol. The molecule has 2 amide bonds. The van der Waals surface area contributed by atoms with E-state index in [0.717, 1.165) is 19.4 Å². The molecule has 0 aromatic carbocycles. The summed E-state index contributed by atoms with van der Waals surface area (Å²) in [6, 6.07) is -0.399. The number of halogens is 1. The topological polar surface area (TPSA) is 67.2 Å². The van der Waals surface area contributed by atoms with Gasteiger partial charge < -0.3 is 10.2 Å². The summed E-state index contributed by atoms with van der Waals surface area (Å²) in [5.41, 5.74) is 0.712. The van der Waals surface area contributed by atoms with Crippen LogP contribution < -0.4 is 5.32 Å². The molecular formula is C14H21ClN4O2. The highest BCUT2D eigenvalue weighted by Gasteiger charge is 2.20. The van der Waals surface area contributed by atoms with E-state index in [2.05, 4.69) is 10.4 Å². The second kappa shape index (κ2) is 6.93. The Balaban J connectivity index is 1.72. The monoisotopic (exact) mass is 312 g/mol. The maximum absolute atomic E-state index is 12.0. The molecule has 1 aromatic heterocycles. The van der Waals surface area contributed by atoms with E-state index in [0.29, 0.717) is 30.2 Å². The van der Waals surface area contributed by atoms with E-state index in [4.69, 9.17) is 11.6 Å². The first-order chi connectivity index (χ1) is 9.99. The summed E-state index contributed by atoms with van der Waals surface area (Å²) < 4.78 is 1.57. The third-order valence-corrected chi connectivity index (χ3v) is 4.08. The lowest BCUT2D eigenvalue weighted by Crippen LogP contribution is -2.34. The Labute approximate surface area is 129 Å². The van der Waals surface area contributed by atoms with Crippen LogP contribution in [-0.2, 0) is 9.59 Å². The van der Waals surface area contributed by atoms with Crippen LogP contribution in [0.25, 0.3) is 0 Å². The van der Waals surface area contributed by atoms with Gasteiger partial charge in [-0.2, -0.15) is 5.10 Å². The number of carbonyl (C=O) groups is 2. The fraction of sp³-hybridized carbons (Fsp3) is 0.643. The molecule has 0 radical (unpaired) electrons. The number of aromatic nitrogens is 2. The SMILES string of the molecule is Cc1nn([C@H](C)C(=O)NCCCN2CCCC2=O)cc1Cl. The fourth-order valence-electron chi connectivity index (χ4n) is 2.35. The molecule has 1 aliphatic heterocycles. The average Bonchev–Trinajstić information content (AvgIpc) is 3.00. The molecule has 2 rings (SSSR count). The van der Waals surface area contributed by atoms with Crippen molar-refractivity contribution in [3.63, 3.8) is 0 Å². The highest BCUT2D eigenvalue weighted by Crippen LogP contribution is 2.15. The van der Waals surface area contributed by atoms with Crippen molar-refractivity contribution in [2.75, 3.05) is 19.6 Å². The molecular weight excluding hydrogens is 292 g/mol. The lowest BCUT2D eigenvalue weighted by molar-refractivity contribution is -0.127. The number of hydrogen-bond acceptors (Lipinski definition) is 3. The third-order valence-electron chi connectivity index (χ3n) is 3.71.